The van der Waals surface area contributed by atoms with Gasteiger partial charge in [0.15, 0.2) is 6.10 Å². The van der Waals surface area contributed by atoms with Gasteiger partial charge in [0.1, 0.15) is 11.9 Å². The predicted octanol–water partition coefficient (Wildman–Crippen LogP) is 6.68. The van der Waals surface area contributed by atoms with Crippen molar-refractivity contribution in [2.24, 2.45) is 5.92 Å². The van der Waals surface area contributed by atoms with Crippen molar-refractivity contribution in [1.29, 1.82) is 0 Å². The summed E-state index contributed by atoms with van der Waals surface area (Å²) in [5, 5.41) is 0.239. The first kappa shape index (κ1) is 22.7. The van der Waals surface area contributed by atoms with Crippen LogP contribution in [0.5, 0.6) is 0 Å². The SMILES string of the molecule is C=CCC(Cc1c(F)cccc1Cl)C(=O)N1C(=O)O[C@@H](c2ccccc2)[C@H]1c1ccccc1. The number of cyclic esters (lactones) is 1. The fraction of sp³-hybridized carbons (Fsp3) is 0.185. The third kappa shape index (κ3) is 4.69. The molecule has 1 fully saturated rings. The van der Waals surface area contributed by atoms with E-state index in [1.165, 1.54) is 12.1 Å². The van der Waals surface area contributed by atoms with E-state index in [4.69, 9.17) is 16.3 Å². The number of imide groups is 1. The van der Waals surface area contributed by atoms with Crippen LogP contribution in [0.4, 0.5) is 9.18 Å². The zero-order chi connectivity index (χ0) is 23.4. The summed E-state index contributed by atoms with van der Waals surface area (Å²) in [6.07, 6.45) is 0.496. The summed E-state index contributed by atoms with van der Waals surface area (Å²) in [6.45, 7) is 3.74. The Morgan fingerprint density at radius 1 is 1.03 bits per heavy atom. The second-order valence-electron chi connectivity index (χ2n) is 7.90. The minimum absolute atomic E-state index is 0.0393. The van der Waals surface area contributed by atoms with Crippen LogP contribution in [-0.4, -0.2) is 16.9 Å². The molecular formula is C27H23ClFNO3. The van der Waals surface area contributed by atoms with Gasteiger partial charge in [-0.2, -0.15) is 0 Å². The number of nitrogens with zero attached hydrogens (tertiary/aromatic N) is 1. The van der Waals surface area contributed by atoms with Gasteiger partial charge in [0.2, 0.25) is 5.91 Å². The quantitative estimate of drug-likeness (QED) is 0.367. The number of hydrogen-bond donors (Lipinski definition) is 0. The zero-order valence-electron chi connectivity index (χ0n) is 17.9. The van der Waals surface area contributed by atoms with E-state index in [9.17, 15) is 14.0 Å². The Balaban J connectivity index is 1.73. The maximum Gasteiger partial charge on any atom is 0.417 e. The average Bonchev–Trinajstić information content (AvgIpc) is 3.18. The normalized spacial score (nSPS) is 18.6. The van der Waals surface area contributed by atoms with Gasteiger partial charge >= 0.3 is 6.09 Å². The lowest BCUT2D eigenvalue weighted by Crippen LogP contribution is -2.39. The van der Waals surface area contributed by atoms with Crippen LogP contribution in [0.15, 0.2) is 91.5 Å². The molecule has 3 atom stereocenters. The highest BCUT2D eigenvalue weighted by Crippen LogP contribution is 2.44. The van der Waals surface area contributed by atoms with Gasteiger partial charge in [-0.25, -0.2) is 14.1 Å². The highest BCUT2D eigenvalue weighted by molar-refractivity contribution is 6.31. The minimum Gasteiger partial charge on any atom is -0.438 e. The van der Waals surface area contributed by atoms with Crippen molar-refractivity contribution in [3.8, 4) is 0 Å². The van der Waals surface area contributed by atoms with Crippen molar-refractivity contribution in [2.75, 3.05) is 0 Å². The van der Waals surface area contributed by atoms with E-state index in [1.807, 2.05) is 60.7 Å². The number of allylic oxidation sites excluding steroid dienone is 1. The lowest BCUT2D eigenvalue weighted by atomic mass is 9.91. The minimum atomic E-state index is -0.731. The number of carbonyl (C=O) groups is 2. The largest absolute Gasteiger partial charge is 0.438 e. The number of hydrogen-bond acceptors (Lipinski definition) is 3. The lowest BCUT2D eigenvalue weighted by Gasteiger charge is -2.27. The summed E-state index contributed by atoms with van der Waals surface area (Å²) < 4.78 is 20.2. The van der Waals surface area contributed by atoms with E-state index < -0.39 is 35.9 Å². The molecule has 1 aliphatic rings. The molecule has 4 nitrogen and oxygen atoms in total. The molecule has 33 heavy (non-hydrogen) atoms. The third-order valence-corrected chi connectivity index (χ3v) is 6.16. The predicted molar refractivity (Wildman–Crippen MR) is 125 cm³/mol. The van der Waals surface area contributed by atoms with E-state index >= 15 is 0 Å². The average molecular weight is 464 g/mol. The summed E-state index contributed by atoms with van der Waals surface area (Å²) in [5.74, 6) is -1.67. The fourth-order valence-corrected chi connectivity index (χ4v) is 4.46. The van der Waals surface area contributed by atoms with Gasteiger partial charge in [-0.1, -0.05) is 84.4 Å². The van der Waals surface area contributed by atoms with E-state index in [2.05, 4.69) is 6.58 Å². The molecule has 4 rings (SSSR count). The molecule has 3 aromatic carbocycles. The molecule has 1 heterocycles. The molecule has 6 heteroatoms. The van der Waals surface area contributed by atoms with Crippen molar-refractivity contribution < 1.29 is 18.7 Å². The first-order valence-corrected chi connectivity index (χ1v) is 11.1. The van der Waals surface area contributed by atoms with Gasteiger partial charge in [-0.05, 0) is 36.1 Å². The second kappa shape index (κ2) is 10.0. The van der Waals surface area contributed by atoms with E-state index in [-0.39, 0.29) is 23.4 Å². The van der Waals surface area contributed by atoms with Crippen LogP contribution < -0.4 is 0 Å². The molecule has 1 unspecified atom stereocenters. The Kier molecular flexibility index (Phi) is 6.90. The van der Waals surface area contributed by atoms with Gasteiger partial charge in [-0.3, -0.25) is 4.79 Å². The van der Waals surface area contributed by atoms with Gasteiger partial charge < -0.3 is 4.74 Å². The fourth-order valence-electron chi connectivity index (χ4n) is 4.22. The van der Waals surface area contributed by atoms with Gasteiger partial charge in [0.05, 0.1) is 0 Å². The maximum atomic E-state index is 14.5. The molecule has 2 amide bonds. The molecule has 0 radical (unpaired) electrons. The number of amides is 2. The molecule has 168 valence electrons. The van der Waals surface area contributed by atoms with Crippen molar-refractivity contribution in [3.63, 3.8) is 0 Å². The third-order valence-electron chi connectivity index (χ3n) is 5.81. The molecule has 0 spiro atoms. The molecule has 0 saturated carbocycles. The van der Waals surface area contributed by atoms with Crippen molar-refractivity contribution in [2.45, 2.75) is 25.0 Å². The van der Waals surface area contributed by atoms with Crippen LogP contribution in [0.1, 0.15) is 35.3 Å². The summed E-state index contributed by atoms with van der Waals surface area (Å²) >= 11 is 6.21. The number of rotatable bonds is 7. The lowest BCUT2D eigenvalue weighted by molar-refractivity contribution is -0.133. The molecule has 0 aromatic heterocycles. The molecule has 1 saturated heterocycles. The topological polar surface area (TPSA) is 46.6 Å². The van der Waals surface area contributed by atoms with Crippen molar-refractivity contribution >= 4 is 23.6 Å². The monoisotopic (exact) mass is 463 g/mol. The molecule has 0 bridgehead atoms. The first-order chi connectivity index (χ1) is 16.0. The Morgan fingerprint density at radius 2 is 1.67 bits per heavy atom. The number of halogens is 2. The van der Waals surface area contributed by atoms with E-state index in [1.54, 1.807) is 12.1 Å². The van der Waals surface area contributed by atoms with Crippen LogP contribution in [0.3, 0.4) is 0 Å². The summed E-state index contributed by atoms with van der Waals surface area (Å²) in [4.78, 5) is 27.9. The number of carbonyl (C=O) groups excluding carboxylic acids is 2. The van der Waals surface area contributed by atoms with Crippen LogP contribution in [0.2, 0.25) is 5.02 Å². The molecule has 3 aromatic rings. The second-order valence-corrected chi connectivity index (χ2v) is 8.31. The summed E-state index contributed by atoms with van der Waals surface area (Å²) in [5.41, 5.74) is 1.79. The van der Waals surface area contributed by atoms with Crippen molar-refractivity contribution in [1.82, 2.24) is 4.90 Å². The van der Waals surface area contributed by atoms with E-state index in [0.29, 0.717) is 0 Å². The van der Waals surface area contributed by atoms with E-state index in [0.717, 1.165) is 16.0 Å². The number of benzene rings is 3. The first-order valence-electron chi connectivity index (χ1n) is 10.7. The number of ether oxygens (including phenoxy) is 1. The Labute approximate surface area is 197 Å². The summed E-state index contributed by atoms with van der Waals surface area (Å²) in [6, 6.07) is 22.3. The molecule has 0 aliphatic carbocycles. The molecule has 1 aliphatic heterocycles. The highest BCUT2D eigenvalue weighted by Gasteiger charge is 2.48. The van der Waals surface area contributed by atoms with Gasteiger partial charge in [0, 0.05) is 16.5 Å². The van der Waals surface area contributed by atoms with Crippen molar-refractivity contribution in [3.05, 3.63) is 119 Å². The Bertz CT molecular complexity index is 1130. The van der Waals surface area contributed by atoms with Crippen LogP contribution in [0, 0.1) is 11.7 Å². The van der Waals surface area contributed by atoms with Gasteiger partial charge in [-0.15, -0.1) is 6.58 Å². The van der Waals surface area contributed by atoms with Gasteiger partial charge in [0.25, 0.3) is 0 Å². The van der Waals surface area contributed by atoms with Crippen LogP contribution in [0.25, 0.3) is 0 Å². The summed E-state index contributed by atoms with van der Waals surface area (Å²) in [7, 11) is 0. The Morgan fingerprint density at radius 3 is 2.27 bits per heavy atom. The smallest absolute Gasteiger partial charge is 0.417 e. The molecule has 0 N–H and O–H groups in total. The maximum absolute atomic E-state index is 14.5. The Hall–Kier alpha value is -3.44. The highest BCUT2D eigenvalue weighted by atomic mass is 35.5. The standard InChI is InChI=1S/C27H23ClFNO3/c1-2-10-20(17-21-22(28)15-9-16-23(21)29)26(31)30-24(18-11-5-3-6-12-18)25(33-27(30)32)19-13-7-4-8-14-19/h2-9,11-16,20,24-25H,1,10,17H2/t20?,24-,25+/m1/s1. The van der Waals surface area contributed by atoms with Crippen LogP contribution >= 0.6 is 11.6 Å². The van der Waals surface area contributed by atoms with Crippen LogP contribution in [-0.2, 0) is 16.0 Å². The molecular weight excluding hydrogens is 441 g/mol. The zero-order valence-corrected chi connectivity index (χ0v) is 18.6.